The number of ether oxygens (including phenoxy) is 2. The van der Waals surface area contributed by atoms with Gasteiger partial charge in [-0.05, 0) is 62.2 Å². The van der Waals surface area contributed by atoms with Crippen LogP contribution in [0.5, 0.6) is 0 Å². The summed E-state index contributed by atoms with van der Waals surface area (Å²) >= 11 is 0. The molecule has 0 radical (unpaired) electrons. The van der Waals surface area contributed by atoms with E-state index in [0.29, 0.717) is 38.2 Å². The fourth-order valence-electron chi connectivity index (χ4n) is 3.96. The quantitative estimate of drug-likeness (QED) is 0.577. The summed E-state index contributed by atoms with van der Waals surface area (Å²) in [5.41, 5.74) is 0.747. The highest BCUT2D eigenvalue weighted by atomic mass is 19.4. The first-order chi connectivity index (χ1) is 14.3. The predicted molar refractivity (Wildman–Crippen MR) is 107 cm³/mol. The Hall–Kier alpha value is -2.38. The first-order valence-corrected chi connectivity index (χ1v) is 10.0. The van der Waals surface area contributed by atoms with E-state index in [4.69, 9.17) is 9.47 Å². The fourth-order valence-corrected chi connectivity index (χ4v) is 3.96. The van der Waals surface area contributed by atoms with E-state index in [1.807, 2.05) is 36.2 Å². The molecule has 2 aromatic rings. The lowest BCUT2D eigenvalue weighted by Gasteiger charge is -2.32. The maximum absolute atomic E-state index is 13.3. The zero-order valence-corrected chi connectivity index (χ0v) is 17.2. The summed E-state index contributed by atoms with van der Waals surface area (Å²) in [6.45, 7) is 3.19. The van der Waals surface area contributed by atoms with E-state index in [0.717, 1.165) is 17.2 Å². The minimum absolute atomic E-state index is 0.168. The van der Waals surface area contributed by atoms with Crippen molar-refractivity contribution in [2.45, 2.75) is 38.1 Å². The van der Waals surface area contributed by atoms with Crippen LogP contribution in [0.15, 0.2) is 48.5 Å². The average molecular weight is 421 g/mol. The van der Waals surface area contributed by atoms with Gasteiger partial charge in [0.2, 0.25) is 0 Å². The van der Waals surface area contributed by atoms with Crippen molar-refractivity contribution >= 4 is 5.97 Å². The summed E-state index contributed by atoms with van der Waals surface area (Å²) < 4.78 is 51.1. The van der Waals surface area contributed by atoms with E-state index in [1.54, 1.807) is 13.0 Å². The summed E-state index contributed by atoms with van der Waals surface area (Å²) in [4.78, 5) is 13.5. The highest BCUT2D eigenvalue weighted by Gasteiger charge is 2.42. The average Bonchev–Trinajstić information content (AvgIpc) is 3.07. The Morgan fingerprint density at radius 2 is 1.97 bits per heavy atom. The molecule has 1 aliphatic heterocycles. The molecule has 0 N–H and O–H groups in total. The zero-order valence-electron chi connectivity index (χ0n) is 17.2. The maximum Gasteiger partial charge on any atom is 0.416 e. The van der Waals surface area contributed by atoms with Crippen molar-refractivity contribution in [1.29, 1.82) is 0 Å². The lowest BCUT2D eigenvalue weighted by molar-refractivity contribution is -0.144. The topological polar surface area (TPSA) is 38.8 Å². The van der Waals surface area contributed by atoms with Crippen LogP contribution in [0.4, 0.5) is 13.2 Å². The van der Waals surface area contributed by atoms with Gasteiger partial charge in [0.1, 0.15) is 5.60 Å². The van der Waals surface area contributed by atoms with Crippen molar-refractivity contribution in [1.82, 2.24) is 4.90 Å². The molecule has 2 aromatic carbocycles. The summed E-state index contributed by atoms with van der Waals surface area (Å²) in [5.74, 6) is -0.296. The number of esters is 1. The number of rotatable bonds is 8. The van der Waals surface area contributed by atoms with Crippen LogP contribution in [-0.4, -0.2) is 37.6 Å². The fraction of sp³-hybridized carbons (Fsp3) is 0.435. The molecule has 7 heteroatoms. The molecule has 3 rings (SSSR count). The van der Waals surface area contributed by atoms with Gasteiger partial charge in [-0.1, -0.05) is 36.4 Å². The molecule has 0 saturated heterocycles. The number of halogens is 3. The molecule has 30 heavy (non-hydrogen) atoms. The van der Waals surface area contributed by atoms with Gasteiger partial charge >= 0.3 is 12.1 Å². The van der Waals surface area contributed by atoms with Gasteiger partial charge in [0.05, 0.1) is 25.3 Å². The number of fused-ring (bicyclic) bond motifs is 1. The van der Waals surface area contributed by atoms with Gasteiger partial charge in [0.25, 0.3) is 0 Å². The van der Waals surface area contributed by atoms with Crippen molar-refractivity contribution < 1.29 is 27.4 Å². The number of nitrogens with zero attached hydrogens (tertiary/aromatic N) is 1. The van der Waals surface area contributed by atoms with Gasteiger partial charge in [-0.2, -0.15) is 13.2 Å². The summed E-state index contributed by atoms with van der Waals surface area (Å²) in [6, 6.07) is 13.0. The number of benzene rings is 2. The maximum atomic E-state index is 13.3. The van der Waals surface area contributed by atoms with Gasteiger partial charge in [-0.3, -0.25) is 9.69 Å². The van der Waals surface area contributed by atoms with Crippen LogP contribution < -0.4 is 0 Å². The molecule has 1 unspecified atom stereocenters. The van der Waals surface area contributed by atoms with Crippen LogP contribution >= 0.6 is 0 Å². The van der Waals surface area contributed by atoms with E-state index in [1.165, 1.54) is 12.1 Å². The number of carbonyl (C=O) groups excluding carboxylic acids is 1. The molecule has 1 atom stereocenters. The van der Waals surface area contributed by atoms with Crippen LogP contribution in [0, 0.1) is 0 Å². The summed E-state index contributed by atoms with van der Waals surface area (Å²) in [5, 5.41) is 0. The normalized spacial score (nSPS) is 18.5. The predicted octanol–water partition coefficient (Wildman–Crippen LogP) is 4.75. The molecule has 0 spiro atoms. The molecule has 0 aromatic heterocycles. The second-order valence-electron chi connectivity index (χ2n) is 7.50. The van der Waals surface area contributed by atoms with Crippen molar-refractivity contribution in [2.75, 3.05) is 26.7 Å². The molecular weight excluding hydrogens is 395 g/mol. The Morgan fingerprint density at radius 1 is 1.20 bits per heavy atom. The second kappa shape index (κ2) is 9.18. The number of alkyl halides is 3. The van der Waals surface area contributed by atoms with E-state index in [-0.39, 0.29) is 12.5 Å². The molecule has 0 bridgehead atoms. The highest BCUT2D eigenvalue weighted by Crippen LogP contribution is 2.46. The van der Waals surface area contributed by atoms with Crippen LogP contribution in [0.25, 0.3) is 0 Å². The minimum atomic E-state index is -4.42. The standard InChI is InChI=1S/C23H26F3NO3/c1-3-29-21(28)15-27(2)13-7-12-22(20-11-5-4-8-17(20)16-30-22)18-9-6-10-19(14-18)23(24,25)26/h4-6,8-11,14H,3,7,12-13,15-16H2,1-2H3. The number of hydrogen-bond donors (Lipinski definition) is 0. The first-order valence-electron chi connectivity index (χ1n) is 10.0. The summed E-state index contributed by atoms with van der Waals surface area (Å²) in [6.07, 6.45) is -3.28. The van der Waals surface area contributed by atoms with Crippen LogP contribution in [-0.2, 0) is 32.7 Å². The number of carbonyl (C=O) groups is 1. The van der Waals surface area contributed by atoms with Crippen molar-refractivity contribution in [3.05, 3.63) is 70.8 Å². The highest BCUT2D eigenvalue weighted by molar-refractivity contribution is 5.71. The van der Waals surface area contributed by atoms with E-state index >= 15 is 0 Å². The third-order valence-corrected chi connectivity index (χ3v) is 5.36. The zero-order chi connectivity index (χ0) is 21.8. The van der Waals surface area contributed by atoms with Gasteiger partial charge in [-0.25, -0.2) is 0 Å². The largest absolute Gasteiger partial charge is 0.465 e. The Kier molecular flexibility index (Phi) is 6.83. The van der Waals surface area contributed by atoms with Gasteiger partial charge in [0, 0.05) is 0 Å². The minimum Gasteiger partial charge on any atom is -0.465 e. The third-order valence-electron chi connectivity index (χ3n) is 5.36. The van der Waals surface area contributed by atoms with E-state index in [9.17, 15) is 18.0 Å². The van der Waals surface area contributed by atoms with Gasteiger partial charge in [0.15, 0.2) is 0 Å². The Balaban J connectivity index is 1.84. The second-order valence-corrected chi connectivity index (χ2v) is 7.50. The monoisotopic (exact) mass is 421 g/mol. The smallest absolute Gasteiger partial charge is 0.416 e. The van der Waals surface area contributed by atoms with Crippen molar-refractivity contribution in [3.8, 4) is 0 Å². The Labute approximate surface area is 174 Å². The Bertz CT molecular complexity index is 884. The third kappa shape index (κ3) is 4.84. The van der Waals surface area contributed by atoms with E-state index in [2.05, 4.69) is 0 Å². The number of hydrogen-bond acceptors (Lipinski definition) is 4. The molecule has 1 aliphatic rings. The van der Waals surface area contributed by atoms with Gasteiger partial charge < -0.3 is 9.47 Å². The lowest BCUT2D eigenvalue weighted by atomic mass is 9.81. The van der Waals surface area contributed by atoms with Crippen LogP contribution in [0.2, 0.25) is 0 Å². The lowest BCUT2D eigenvalue weighted by Crippen LogP contribution is -2.32. The Morgan fingerprint density at radius 3 is 2.70 bits per heavy atom. The molecule has 1 heterocycles. The van der Waals surface area contributed by atoms with Crippen molar-refractivity contribution in [2.24, 2.45) is 0 Å². The SMILES string of the molecule is CCOC(=O)CN(C)CCCC1(c2cccc(C(F)(F)F)c2)OCc2ccccc21. The van der Waals surface area contributed by atoms with Crippen molar-refractivity contribution in [3.63, 3.8) is 0 Å². The molecule has 4 nitrogen and oxygen atoms in total. The molecule has 162 valence electrons. The molecule has 0 amide bonds. The molecule has 0 saturated carbocycles. The molecule has 0 fully saturated rings. The van der Waals surface area contributed by atoms with Gasteiger partial charge in [-0.15, -0.1) is 0 Å². The molecular formula is C23H26F3NO3. The van der Waals surface area contributed by atoms with Crippen LogP contribution in [0.3, 0.4) is 0 Å². The number of likely N-dealkylation sites (N-methyl/N-ethyl adjacent to an activating group) is 1. The van der Waals surface area contributed by atoms with E-state index < -0.39 is 17.3 Å². The van der Waals surface area contributed by atoms with Crippen LogP contribution in [0.1, 0.15) is 42.0 Å². The molecule has 0 aliphatic carbocycles. The first kappa shape index (κ1) is 22.3. The summed E-state index contributed by atoms with van der Waals surface area (Å²) in [7, 11) is 1.82.